The van der Waals surface area contributed by atoms with Crippen molar-refractivity contribution in [2.24, 2.45) is 0 Å². The Balaban J connectivity index is 1.86. The molecule has 4 nitrogen and oxygen atoms in total. The fourth-order valence-corrected chi connectivity index (χ4v) is 2.98. The minimum absolute atomic E-state index is 0.655. The smallest absolute Gasteiger partial charge is 0.227 e. The maximum atomic E-state index is 5.92. The lowest BCUT2D eigenvalue weighted by atomic mass is 10.1. The van der Waals surface area contributed by atoms with Crippen molar-refractivity contribution in [2.75, 3.05) is 0 Å². The van der Waals surface area contributed by atoms with Crippen LogP contribution in [0.4, 0.5) is 0 Å². The van der Waals surface area contributed by atoms with E-state index < -0.39 is 0 Å². The molecule has 2 heterocycles. The zero-order valence-corrected chi connectivity index (χ0v) is 13.6. The van der Waals surface area contributed by atoms with Gasteiger partial charge in [-0.1, -0.05) is 13.0 Å². The summed E-state index contributed by atoms with van der Waals surface area (Å²) in [6, 6.07) is 10.2. The van der Waals surface area contributed by atoms with Gasteiger partial charge in [-0.05, 0) is 55.7 Å². The topological polar surface area (TPSA) is 54.7 Å². The van der Waals surface area contributed by atoms with Crippen LogP contribution in [0.1, 0.15) is 30.3 Å². The highest BCUT2D eigenvalue weighted by molar-refractivity contribution is 5.85. The van der Waals surface area contributed by atoms with E-state index in [0.29, 0.717) is 5.89 Å². The summed E-state index contributed by atoms with van der Waals surface area (Å²) in [5.41, 5.74) is 7.09. The third-order valence-corrected chi connectivity index (χ3v) is 4.10. The van der Waals surface area contributed by atoms with Crippen LogP contribution in [0, 0.1) is 13.8 Å². The van der Waals surface area contributed by atoms with E-state index in [9.17, 15) is 0 Å². The number of H-pyrrole nitrogens is 1. The molecular weight excluding hydrogens is 286 g/mol. The number of aromatic nitrogens is 3. The van der Waals surface area contributed by atoms with E-state index >= 15 is 0 Å². The molecule has 0 radical (unpaired) electrons. The molecule has 4 rings (SSSR count). The highest BCUT2D eigenvalue weighted by Gasteiger charge is 2.12. The Labute approximate surface area is 134 Å². The van der Waals surface area contributed by atoms with Crippen LogP contribution in [0.2, 0.25) is 0 Å². The van der Waals surface area contributed by atoms with Crippen LogP contribution in [-0.2, 0) is 6.42 Å². The maximum Gasteiger partial charge on any atom is 0.227 e. The van der Waals surface area contributed by atoms with E-state index in [-0.39, 0.29) is 0 Å². The third kappa shape index (κ3) is 2.40. The molecule has 116 valence electrons. The number of aromatic amines is 1. The largest absolute Gasteiger partial charge is 0.436 e. The first kappa shape index (κ1) is 14.0. The second kappa shape index (κ2) is 5.23. The van der Waals surface area contributed by atoms with E-state index in [1.807, 2.05) is 18.2 Å². The van der Waals surface area contributed by atoms with Crippen molar-refractivity contribution in [1.82, 2.24) is 15.0 Å². The van der Waals surface area contributed by atoms with Crippen LogP contribution in [0.5, 0.6) is 0 Å². The van der Waals surface area contributed by atoms with Gasteiger partial charge >= 0.3 is 0 Å². The summed E-state index contributed by atoms with van der Waals surface area (Å²) < 4.78 is 5.92. The number of nitrogens with zero attached hydrogens (tertiary/aromatic N) is 2. The van der Waals surface area contributed by atoms with Gasteiger partial charge in [-0.15, -0.1) is 0 Å². The fraction of sp³-hybridized carbons (Fsp3) is 0.263. The molecule has 1 N–H and O–H groups in total. The first-order chi connectivity index (χ1) is 11.1. The SMILES string of the molecule is CCCc1nc2c(C)cc(-c3nc4cc(C)ccc4o3)cc2[nH]1. The van der Waals surface area contributed by atoms with Crippen molar-refractivity contribution in [1.29, 1.82) is 0 Å². The maximum absolute atomic E-state index is 5.92. The van der Waals surface area contributed by atoms with Crippen molar-refractivity contribution in [2.45, 2.75) is 33.6 Å². The molecule has 4 aromatic rings. The highest BCUT2D eigenvalue weighted by atomic mass is 16.3. The van der Waals surface area contributed by atoms with Crippen LogP contribution in [-0.4, -0.2) is 15.0 Å². The third-order valence-electron chi connectivity index (χ3n) is 4.10. The molecule has 4 heteroatoms. The number of rotatable bonds is 3. The second-order valence-electron chi connectivity index (χ2n) is 6.11. The Kier molecular flexibility index (Phi) is 3.18. The monoisotopic (exact) mass is 305 g/mol. The molecule has 0 spiro atoms. The zero-order valence-electron chi connectivity index (χ0n) is 13.6. The van der Waals surface area contributed by atoms with Gasteiger partial charge in [-0.2, -0.15) is 0 Å². The number of hydrogen-bond acceptors (Lipinski definition) is 3. The molecule has 0 aliphatic heterocycles. The molecule has 0 aliphatic rings. The Bertz CT molecular complexity index is 1010. The lowest BCUT2D eigenvalue weighted by molar-refractivity contribution is 0.620. The van der Waals surface area contributed by atoms with Crippen molar-refractivity contribution >= 4 is 22.1 Å². The molecule has 0 saturated carbocycles. The first-order valence-corrected chi connectivity index (χ1v) is 8.01. The Morgan fingerprint density at radius 2 is 1.96 bits per heavy atom. The van der Waals surface area contributed by atoms with E-state index in [1.54, 1.807) is 0 Å². The average molecular weight is 305 g/mol. The number of imidazole rings is 1. The van der Waals surface area contributed by atoms with Crippen molar-refractivity contribution in [3.63, 3.8) is 0 Å². The number of fused-ring (bicyclic) bond motifs is 2. The quantitative estimate of drug-likeness (QED) is 0.583. The van der Waals surface area contributed by atoms with E-state index in [1.165, 1.54) is 5.56 Å². The number of aryl methyl sites for hydroxylation is 3. The minimum Gasteiger partial charge on any atom is -0.436 e. The second-order valence-corrected chi connectivity index (χ2v) is 6.11. The van der Waals surface area contributed by atoms with E-state index in [0.717, 1.165) is 51.9 Å². The van der Waals surface area contributed by atoms with Crippen molar-refractivity contribution in [3.8, 4) is 11.5 Å². The van der Waals surface area contributed by atoms with E-state index in [2.05, 4.69) is 47.9 Å². The molecule has 2 aromatic carbocycles. The summed E-state index contributed by atoms with van der Waals surface area (Å²) in [7, 11) is 0. The summed E-state index contributed by atoms with van der Waals surface area (Å²) in [5.74, 6) is 1.69. The molecule has 0 fully saturated rings. The molecule has 0 atom stereocenters. The van der Waals surface area contributed by atoms with Crippen LogP contribution >= 0.6 is 0 Å². The molecule has 0 unspecified atom stereocenters. The molecule has 0 saturated heterocycles. The van der Waals surface area contributed by atoms with Crippen LogP contribution < -0.4 is 0 Å². The number of benzene rings is 2. The average Bonchev–Trinajstić information content (AvgIpc) is 3.10. The van der Waals surface area contributed by atoms with Gasteiger partial charge in [0.25, 0.3) is 0 Å². The lowest BCUT2D eigenvalue weighted by Crippen LogP contribution is -1.84. The van der Waals surface area contributed by atoms with Gasteiger partial charge in [0.1, 0.15) is 11.3 Å². The summed E-state index contributed by atoms with van der Waals surface area (Å²) in [6.45, 7) is 6.30. The Hall–Kier alpha value is -2.62. The van der Waals surface area contributed by atoms with Gasteiger partial charge in [-0.3, -0.25) is 0 Å². The predicted molar refractivity (Wildman–Crippen MR) is 92.6 cm³/mol. The minimum atomic E-state index is 0.655. The molecule has 0 aliphatic carbocycles. The predicted octanol–water partition coefficient (Wildman–Crippen LogP) is 4.94. The normalized spacial score (nSPS) is 11.6. The molecule has 0 amide bonds. The Morgan fingerprint density at radius 3 is 2.78 bits per heavy atom. The molecular formula is C19H19N3O. The summed E-state index contributed by atoms with van der Waals surface area (Å²) in [5, 5.41) is 0. The van der Waals surface area contributed by atoms with Gasteiger partial charge in [0.2, 0.25) is 5.89 Å². The van der Waals surface area contributed by atoms with Crippen molar-refractivity contribution < 1.29 is 4.42 Å². The van der Waals surface area contributed by atoms with Crippen LogP contribution in [0.15, 0.2) is 34.7 Å². The van der Waals surface area contributed by atoms with Gasteiger partial charge < -0.3 is 9.40 Å². The Morgan fingerprint density at radius 1 is 1.09 bits per heavy atom. The summed E-state index contributed by atoms with van der Waals surface area (Å²) >= 11 is 0. The van der Waals surface area contributed by atoms with Crippen molar-refractivity contribution in [3.05, 3.63) is 47.3 Å². The number of hydrogen-bond donors (Lipinski definition) is 1. The van der Waals surface area contributed by atoms with Crippen LogP contribution in [0.3, 0.4) is 0 Å². The standard InChI is InChI=1S/C19H19N3O/c1-4-5-17-20-15-10-13(9-12(3)18(15)22-17)19-21-14-8-11(2)6-7-16(14)23-19/h6-10H,4-5H2,1-3H3,(H,20,22). The summed E-state index contributed by atoms with van der Waals surface area (Å²) in [6.07, 6.45) is 2.04. The highest BCUT2D eigenvalue weighted by Crippen LogP contribution is 2.29. The number of oxazole rings is 1. The first-order valence-electron chi connectivity index (χ1n) is 8.01. The molecule has 0 bridgehead atoms. The number of nitrogens with one attached hydrogen (secondary N) is 1. The fourth-order valence-electron chi connectivity index (χ4n) is 2.98. The van der Waals surface area contributed by atoms with E-state index in [4.69, 9.17) is 4.42 Å². The molecule has 23 heavy (non-hydrogen) atoms. The molecule has 2 aromatic heterocycles. The van der Waals surface area contributed by atoms with Gasteiger partial charge in [0.05, 0.1) is 11.0 Å². The lowest BCUT2D eigenvalue weighted by Gasteiger charge is -1.99. The zero-order chi connectivity index (χ0) is 16.0. The summed E-state index contributed by atoms with van der Waals surface area (Å²) in [4.78, 5) is 12.7. The van der Waals surface area contributed by atoms with Gasteiger partial charge in [0.15, 0.2) is 5.58 Å². The van der Waals surface area contributed by atoms with Crippen LogP contribution in [0.25, 0.3) is 33.6 Å². The van der Waals surface area contributed by atoms with Gasteiger partial charge in [-0.25, -0.2) is 9.97 Å². The van der Waals surface area contributed by atoms with Gasteiger partial charge in [0, 0.05) is 12.0 Å².